The molecule has 0 saturated carbocycles. The van der Waals surface area contributed by atoms with Crippen molar-refractivity contribution in [3.8, 4) is 0 Å². The van der Waals surface area contributed by atoms with E-state index in [-0.39, 0.29) is 5.59 Å². The number of hydrogen-bond donors (Lipinski definition) is 2. The molecule has 0 aliphatic heterocycles. The minimum Gasteiger partial charge on any atom is -0.422 e. The van der Waals surface area contributed by atoms with Gasteiger partial charge in [0.05, 0.1) is 5.59 Å². The van der Waals surface area contributed by atoms with E-state index in [9.17, 15) is 0 Å². The zero-order valence-electron chi connectivity index (χ0n) is 5.52. The summed E-state index contributed by atoms with van der Waals surface area (Å²) in [4.78, 5) is 7.55. The molecule has 0 atom stereocenters. The molecule has 0 aliphatic carbocycles. The topological polar surface area (TPSA) is 66.2 Å². The van der Waals surface area contributed by atoms with Gasteiger partial charge in [0.2, 0.25) is 0 Å². The van der Waals surface area contributed by atoms with Gasteiger partial charge in [-0.25, -0.2) is 9.97 Å². The van der Waals surface area contributed by atoms with Crippen LogP contribution in [0.2, 0.25) is 0 Å². The van der Waals surface area contributed by atoms with Crippen LogP contribution in [0.1, 0.15) is 5.82 Å². The summed E-state index contributed by atoms with van der Waals surface area (Å²) in [5, 5.41) is 17.2. The van der Waals surface area contributed by atoms with Gasteiger partial charge in [-0.1, -0.05) is 0 Å². The standard InChI is InChI=1S/C5H7BN2O2/c1-4-7-3-2-5(8-4)6(9)10/h2-3,9-10H,1H3. The Bertz CT molecular complexity index is 229. The Kier molecular flexibility index (Phi) is 1.98. The second-order valence-electron chi connectivity index (χ2n) is 1.90. The molecule has 0 fully saturated rings. The van der Waals surface area contributed by atoms with Gasteiger partial charge in [-0.15, -0.1) is 0 Å². The number of rotatable bonds is 1. The van der Waals surface area contributed by atoms with Crippen LogP contribution in [0.3, 0.4) is 0 Å². The quantitative estimate of drug-likeness (QED) is 0.461. The van der Waals surface area contributed by atoms with Gasteiger partial charge in [0, 0.05) is 6.20 Å². The maximum Gasteiger partial charge on any atom is 0.508 e. The van der Waals surface area contributed by atoms with Crippen molar-refractivity contribution in [3.63, 3.8) is 0 Å². The van der Waals surface area contributed by atoms with E-state index < -0.39 is 7.12 Å². The van der Waals surface area contributed by atoms with Crippen molar-refractivity contribution in [2.75, 3.05) is 0 Å². The molecule has 1 aromatic heterocycles. The van der Waals surface area contributed by atoms with E-state index in [1.807, 2.05) is 0 Å². The van der Waals surface area contributed by atoms with Crippen molar-refractivity contribution in [2.45, 2.75) is 6.92 Å². The van der Waals surface area contributed by atoms with E-state index in [2.05, 4.69) is 9.97 Å². The predicted molar refractivity (Wildman–Crippen MR) is 36.6 cm³/mol. The van der Waals surface area contributed by atoms with E-state index in [0.717, 1.165) is 0 Å². The Balaban J connectivity index is 2.96. The van der Waals surface area contributed by atoms with Crippen LogP contribution in [0, 0.1) is 6.92 Å². The van der Waals surface area contributed by atoms with Crippen molar-refractivity contribution in [1.82, 2.24) is 9.97 Å². The molecule has 0 amide bonds. The predicted octanol–water partition coefficient (Wildman–Crippen LogP) is -1.54. The van der Waals surface area contributed by atoms with Gasteiger partial charge in [-0.05, 0) is 13.0 Å². The highest BCUT2D eigenvalue weighted by Crippen LogP contribution is 1.80. The lowest BCUT2D eigenvalue weighted by atomic mass is 9.86. The molecule has 10 heavy (non-hydrogen) atoms. The molecule has 2 N–H and O–H groups in total. The number of hydrogen-bond acceptors (Lipinski definition) is 4. The van der Waals surface area contributed by atoms with Gasteiger partial charge >= 0.3 is 7.12 Å². The average Bonchev–Trinajstić information content (AvgIpc) is 1.88. The average molecular weight is 138 g/mol. The van der Waals surface area contributed by atoms with Crippen LogP contribution in [0.25, 0.3) is 0 Å². The minimum absolute atomic E-state index is 0.229. The fourth-order valence-corrected chi connectivity index (χ4v) is 0.618. The van der Waals surface area contributed by atoms with Gasteiger partial charge in [0.1, 0.15) is 5.82 Å². The first-order chi connectivity index (χ1) is 4.70. The summed E-state index contributed by atoms with van der Waals surface area (Å²) in [6.45, 7) is 1.69. The van der Waals surface area contributed by atoms with Gasteiger partial charge in [0.15, 0.2) is 0 Å². The van der Waals surface area contributed by atoms with Crippen molar-refractivity contribution in [1.29, 1.82) is 0 Å². The summed E-state index contributed by atoms with van der Waals surface area (Å²) in [5.41, 5.74) is 0.229. The summed E-state index contributed by atoms with van der Waals surface area (Å²) in [5.74, 6) is 0.533. The molecule has 5 heteroatoms. The Morgan fingerprint density at radius 2 is 2.20 bits per heavy atom. The normalized spacial score (nSPS) is 9.50. The lowest BCUT2D eigenvalue weighted by Crippen LogP contribution is -2.33. The maximum atomic E-state index is 8.61. The summed E-state index contributed by atoms with van der Waals surface area (Å²) in [6, 6.07) is 1.46. The molecule has 0 saturated heterocycles. The Morgan fingerprint density at radius 1 is 1.50 bits per heavy atom. The minimum atomic E-state index is -1.50. The molecule has 1 heterocycles. The summed E-state index contributed by atoms with van der Waals surface area (Å²) >= 11 is 0. The smallest absolute Gasteiger partial charge is 0.422 e. The van der Waals surface area contributed by atoms with Gasteiger partial charge in [-0.3, -0.25) is 0 Å². The van der Waals surface area contributed by atoms with Crippen LogP contribution in [0.15, 0.2) is 12.3 Å². The summed E-state index contributed by atoms with van der Waals surface area (Å²) < 4.78 is 0. The molecule has 52 valence electrons. The van der Waals surface area contributed by atoms with E-state index in [1.165, 1.54) is 12.3 Å². The number of nitrogens with zero attached hydrogens (tertiary/aromatic N) is 2. The molecule has 4 nitrogen and oxygen atoms in total. The van der Waals surface area contributed by atoms with Crippen LogP contribution in [-0.4, -0.2) is 27.1 Å². The number of aryl methyl sites for hydroxylation is 1. The van der Waals surface area contributed by atoms with E-state index >= 15 is 0 Å². The molecule has 0 aromatic carbocycles. The van der Waals surface area contributed by atoms with Gasteiger partial charge in [-0.2, -0.15) is 0 Å². The van der Waals surface area contributed by atoms with Crippen molar-refractivity contribution in [2.24, 2.45) is 0 Å². The zero-order valence-corrected chi connectivity index (χ0v) is 5.52. The first kappa shape index (κ1) is 7.18. The van der Waals surface area contributed by atoms with Crippen LogP contribution in [0.4, 0.5) is 0 Å². The van der Waals surface area contributed by atoms with E-state index in [1.54, 1.807) is 6.92 Å². The fraction of sp³-hybridized carbons (Fsp3) is 0.200. The molecule has 0 unspecified atom stereocenters. The highest BCUT2D eigenvalue weighted by atomic mass is 16.4. The van der Waals surface area contributed by atoms with Crippen LogP contribution in [-0.2, 0) is 0 Å². The first-order valence-electron chi connectivity index (χ1n) is 2.86. The maximum absolute atomic E-state index is 8.61. The monoisotopic (exact) mass is 138 g/mol. The molecular formula is C5H7BN2O2. The molecule has 0 spiro atoms. The third-order valence-corrected chi connectivity index (χ3v) is 1.06. The summed E-state index contributed by atoms with van der Waals surface area (Å²) in [6.07, 6.45) is 1.48. The highest BCUT2D eigenvalue weighted by molar-refractivity contribution is 6.57. The van der Waals surface area contributed by atoms with E-state index in [4.69, 9.17) is 10.0 Å². The zero-order chi connectivity index (χ0) is 7.56. The SMILES string of the molecule is Cc1nccc(B(O)O)n1. The third-order valence-electron chi connectivity index (χ3n) is 1.06. The lowest BCUT2D eigenvalue weighted by molar-refractivity contribution is 0.424. The highest BCUT2D eigenvalue weighted by Gasteiger charge is 2.11. The molecular weight excluding hydrogens is 131 g/mol. The Hall–Kier alpha value is -0.935. The third kappa shape index (κ3) is 1.52. The second kappa shape index (κ2) is 2.77. The lowest BCUT2D eigenvalue weighted by Gasteiger charge is -1.96. The molecule has 1 aromatic rings. The van der Waals surface area contributed by atoms with Crippen LogP contribution in [0.5, 0.6) is 0 Å². The second-order valence-corrected chi connectivity index (χ2v) is 1.90. The van der Waals surface area contributed by atoms with Gasteiger partial charge < -0.3 is 10.0 Å². The largest absolute Gasteiger partial charge is 0.508 e. The Labute approximate surface area is 58.7 Å². The number of aromatic nitrogens is 2. The van der Waals surface area contributed by atoms with Crippen molar-refractivity contribution in [3.05, 3.63) is 18.1 Å². The van der Waals surface area contributed by atoms with E-state index in [0.29, 0.717) is 5.82 Å². The van der Waals surface area contributed by atoms with Crippen molar-refractivity contribution < 1.29 is 10.0 Å². The van der Waals surface area contributed by atoms with Crippen molar-refractivity contribution >= 4 is 12.7 Å². The summed E-state index contributed by atoms with van der Waals surface area (Å²) in [7, 11) is -1.50. The fourth-order valence-electron chi connectivity index (χ4n) is 0.618. The van der Waals surface area contributed by atoms with Crippen LogP contribution >= 0.6 is 0 Å². The van der Waals surface area contributed by atoms with Gasteiger partial charge in [0.25, 0.3) is 0 Å². The first-order valence-corrected chi connectivity index (χ1v) is 2.86. The molecule has 1 rings (SSSR count). The molecule has 0 bridgehead atoms. The molecule has 0 aliphatic rings. The molecule has 0 radical (unpaired) electrons. The Morgan fingerprint density at radius 3 is 2.60 bits per heavy atom. The van der Waals surface area contributed by atoms with Crippen LogP contribution < -0.4 is 5.59 Å².